The van der Waals surface area contributed by atoms with E-state index in [1.54, 1.807) is 0 Å². The molecule has 0 aliphatic carbocycles. The van der Waals surface area contributed by atoms with Crippen molar-refractivity contribution < 1.29 is 4.68 Å². The van der Waals surface area contributed by atoms with Gasteiger partial charge in [-0.15, -0.1) is 0 Å². The van der Waals surface area contributed by atoms with Gasteiger partial charge in [0.2, 0.25) is 11.4 Å². The first-order valence-electron chi connectivity index (χ1n) is 21.6. The van der Waals surface area contributed by atoms with Gasteiger partial charge in [-0.3, -0.25) is 0 Å². The summed E-state index contributed by atoms with van der Waals surface area (Å²) in [5.41, 5.74) is 13.5. The standard InChI is InChI=1S/C48H76N2/c1-7-13-19-20-21-26-32-46-45(31-18-12-6)47(43-35-39(27-22-14-8-2)33-40(36-43)28-23-15-9-3)50(49)48(46)44-37-41(29-24-16-10-4)34-42(38-44)30-25-17-11-5/h32-38,49H,7-31H2,1-6H3. The lowest BCUT2D eigenvalue weighted by atomic mass is 9.88. The van der Waals surface area contributed by atoms with Crippen molar-refractivity contribution in [3.05, 3.63) is 92.8 Å². The minimum atomic E-state index is 1.04. The highest BCUT2D eigenvalue weighted by molar-refractivity contribution is 6.16. The second-order valence-corrected chi connectivity index (χ2v) is 15.3. The van der Waals surface area contributed by atoms with Crippen LogP contribution in [0.3, 0.4) is 0 Å². The fourth-order valence-electron chi connectivity index (χ4n) is 7.74. The van der Waals surface area contributed by atoms with Gasteiger partial charge in [-0.25, -0.2) is 4.68 Å². The van der Waals surface area contributed by atoms with Gasteiger partial charge in [0.1, 0.15) is 0 Å². The van der Waals surface area contributed by atoms with Crippen LogP contribution < -0.4 is 0 Å². The van der Waals surface area contributed by atoms with Crippen LogP contribution in [0.15, 0.2) is 53.6 Å². The SMILES string of the molecule is CCCCCCCC=C1C(CCCC)=C(c2cc(CCCCC)cc(CCCCC)c2)[N+]([NH-])=C1c1cc(CCCCC)cc(CCCCC)c1. The maximum atomic E-state index is 10.0. The smallest absolute Gasteiger partial charge is 0.215 e. The Morgan fingerprint density at radius 1 is 0.440 bits per heavy atom. The van der Waals surface area contributed by atoms with E-state index in [4.69, 9.17) is 0 Å². The van der Waals surface area contributed by atoms with Gasteiger partial charge >= 0.3 is 0 Å². The number of benzene rings is 2. The number of nitrogens with one attached hydrogen (secondary N) is 1. The van der Waals surface area contributed by atoms with E-state index in [1.807, 2.05) is 4.68 Å². The zero-order chi connectivity index (χ0) is 36.0. The Balaban J connectivity index is 2.23. The van der Waals surface area contributed by atoms with E-state index >= 15 is 0 Å². The quantitative estimate of drug-likeness (QED) is 0.0663. The van der Waals surface area contributed by atoms with Gasteiger partial charge in [-0.05, 0) is 124 Å². The number of unbranched alkanes of at least 4 members (excludes halogenated alkanes) is 14. The molecule has 0 unspecified atom stereocenters. The summed E-state index contributed by atoms with van der Waals surface area (Å²) in [6.07, 6.45) is 33.1. The third-order valence-corrected chi connectivity index (χ3v) is 10.7. The van der Waals surface area contributed by atoms with E-state index in [2.05, 4.69) is 84.0 Å². The van der Waals surface area contributed by atoms with Crippen molar-refractivity contribution in [1.29, 1.82) is 0 Å². The fourth-order valence-corrected chi connectivity index (χ4v) is 7.74. The number of aryl methyl sites for hydroxylation is 4. The maximum Gasteiger partial charge on any atom is 0.215 e. The topological polar surface area (TPSA) is 26.8 Å². The average Bonchev–Trinajstić information content (AvgIpc) is 3.39. The molecule has 50 heavy (non-hydrogen) atoms. The van der Waals surface area contributed by atoms with Crippen molar-refractivity contribution in [2.24, 2.45) is 0 Å². The third kappa shape index (κ3) is 13.5. The van der Waals surface area contributed by atoms with Gasteiger partial charge in [-0.1, -0.05) is 143 Å². The van der Waals surface area contributed by atoms with Crippen LogP contribution in [0.1, 0.15) is 210 Å². The summed E-state index contributed by atoms with van der Waals surface area (Å²) in [6, 6.07) is 14.8. The molecule has 3 rings (SSSR count). The number of hydrogen-bond donors (Lipinski definition) is 0. The molecular weight excluding hydrogens is 605 g/mol. The highest BCUT2D eigenvalue weighted by Gasteiger charge is 2.35. The first-order valence-corrected chi connectivity index (χ1v) is 21.6. The molecule has 0 saturated heterocycles. The van der Waals surface area contributed by atoms with Gasteiger partial charge < -0.3 is 5.84 Å². The molecule has 1 aliphatic heterocycles. The molecule has 0 amide bonds. The molecule has 2 aromatic rings. The van der Waals surface area contributed by atoms with Gasteiger partial charge in [0.15, 0.2) is 0 Å². The number of rotatable bonds is 27. The van der Waals surface area contributed by atoms with Crippen molar-refractivity contribution in [1.82, 2.24) is 0 Å². The Hall–Kier alpha value is -2.61. The monoisotopic (exact) mass is 681 g/mol. The predicted octanol–water partition coefficient (Wildman–Crippen LogP) is 15.3. The summed E-state index contributed by atoms with van der Waals surface area (Å²) in [5, 5.41) is 0. The van der Waals surface area contributed by atoms with Gasteiger partial charge in [-0.2, -0.15) is 0 Å². The van der Waals surface area contributed by atoms with Crippen LogP contribution in [-0.4, -0.2) is 10.4 Å². The predicted molar refractivity (Wildman–Crippen MR) is 222 cm³/mol. The van der Waals surface area contributed by atoms with Gasteiger partial charge in [0.05, 0.1) is 5.57 Å². The van der Waals surface area contributed by atoms with E-state index in [0.717, 1.165) is 56.4 Å². The van der Waals surface area contributed by atoms with E-state index in [1.165, 1.54) is 160 Å². The first-order chi connectivity index (χ1) is 24.5. The molecule has 0 radical (unpaired) electrons. The lowest BCUT2D eigenvalue weighted by Crippen LogP contribution is -2.13. The summed E-state index contributed by atoms with van der Waals surface area (Å²) >= 11 is 0. The highest BCUT2D eigenvalue weighted by Crippen LogP contribution is 2.39. The Bertz CT molecular complexity index is 1300. The molecule has 1 heterocycles. The molecule has 2 aromatic carbocycles. The second-order valence-electron chi connectivity index (χ2n) is 15.3. The molecule has 0 aromatic heterocycles. The molecule has 0 bridgehead atoms. The van der Waals surface area contributed by atoms with Crippen molar-refractivity contribution >= 4 is 11.4 Å². The van der Waals surface area contributed by atoms with Gasteiger partial charge in [0, 0.05) is 16.7 Å². The summed E-state index contributed by atoms with van der Waals surface area (Å²) in [4.78, 5) is 0. The van der Waals surface area contributed by atoms with Crippen molar-refractivity contribution in [3.8, 4) is 0 Å². The molecule has 0 spiro atoms. The zero-order valence-electron chi connectivity index (χ0n) is 33.7. The molecule has 278 valence electrons. The second kappa shape index (κ2) is 24.6. The van der Waals surface area contributed by atoms with Crippen LogP contribution >= 0.6 is 0 Å². The molecule has 2 heteroatoms. The Kier molecular flexibility index (Phi) is 20.5. The number of hydrogen-bond acceptors (Lipinski definition) is 0. The third-order valence-electron chi connectivity index (χ3n) is 10.7. The van der Waals surface area contributed by atoms with Crippen molar-refractivity contribution in [2.45, 2.75) is 202 Å². The van der Waals surface area contributed by atoms with E-state index in [0.29, 0.717) is 0 Å². The van der Waals surface area contributed by atoms with Crippen LogP contribution in [0.4, 0.5) is 0 Å². The molecule has 0 atom stereocenters. The Morgan fingerprint density at radius 2 is 0.840 bits per heavy atom. The lowest BCUT2D eigenvalue weighted by Gasteiger charge is -2.14. The highest BCUT2D eigenvalue weighted by atomic mass is 15.3. The summed E-state index contributed by atoms with van der Waals surface area (Å²) < 4.78 is 1.90. The Morgan fingerprint density at radius 3 is 1.28 bits per heavy atom. The van der Waals surface area contributed by atoms with Crippen LogP contribution in [0.5, 0.6) is 0 Å². The minimum Gasteiger partial charge on any atom is -0.448 e. The summed E-state index contributed by atoms with van der Waals surface area (Å²) in [6.45, 7) is 13.8. The molecular formula is C48H76N2. The van der Waals surface area contributed by atoms with Crippen LogP contribution in [-0.2, 0) is 25.7 Å². The van der Waals surface area contributed by atoms with Crippen molar-refractivity contribution in [2.75, 3.05) is 0 Å². The van der Waals surface area contributed by atoms with Gasteiger partial charge in [0.25, 0.3) is 0 Å². The summed E-state index contributed by atoms with van der Waals surface area (Å²) in [7, 11) is 0. The number of allylic oxidation sites excluding steroid dienone is 3. The average molecular weight is 681 g/mol. The van der Waals surface area contributed by atoms with Crippen molar-refractivity contribution in [3.63, 3.8) is 0 Å². The minimum absolute atomic E-state index is 1.04. The fraction of sp³-hybridized carbons (Fsp3) is 0.646. The molecule has 1 aliphatic rings. The van der Waals surface area contributed by atoms with Crippen LogP contribution in [0, 0.1) is 0 Å². The zero-order valence-corrected chi connectivity index (χ0v) is 33.7. The van der Waals surface area contributed by atoms with E-state index in [-0.39, 0.29) is 0 Å². The van der Waals surface area contributed by atoms with E-state index < -0.39 is 0 Å². The molecule has 0 fully saturated rings. The van der Waals surface area contributed by atoms with Crippen LogP contribution in [0.25, 0.3) is 11.5 Å². The van der Waals surface area contributed by atoms with Crippen LogP contribution in [0.2, 0.25) is 0 Å². The molecule has 0 saturated carbocycles. The largest absolute Gasteiger partial charge is 0.448 e. The molecule has 1 N–H and O–H groups in total. The molecule has 2 nitrogen and oxygen atoms in total. The first kappa shape index (κ1) is 41.8. The normalized spacial score (nSPS) is 14.2. The Labute approximate surface area is 310 Å². The van der Waals surface area contributed by atoms with E-state index in [9.17, 15) is 5.84 Å². The lowest BCUT2D eigenvalue weighted by molar-refractivity contribution is -0.347. The maximum absolute atomic E-state index is 10.0. The number of nitrogens with zero attached hydrogens (tertiary/aromatic N) is 1. The summed E-state index contributed by atoms with van der Waals surface area (Å²) in [5.74, 6) is 10.0.